The average Bonchev–Trinajstić information content (AvgIpc) is 2.29. The summed E-state index contributed by atoms with van der Waals surface area (Å²) in [6.45, 7) is 0. The van der Waals surface area contributed by atoms with E-state index in [2.05, 4.69) is 22.6 Å². The highest BCUT2D eigenvalue weighted by Crippen LogP contribution is 2.90. The second-order valence-electron chi connectivity index (χ2n) is 5.22. The van der Waals surface area contributed by atoms with Gasteiger partial charge in [-0.05, 0) is 42.9 Å². The molecular formula is C9H11IO. The summed E-state index contributed by atoms with van der Waals surface area (Å²) in [5, 5.41) is 10.1. The van der Waals surface area contributed by atoms with E-state index in [1.54, 1.807) is 0 Å². The molecule has 0 aromatic heterocycles. The summed E-state index contributed by atoms with van der Waals surface area (Å²) in [6.07, 6.45) is 5.11. The molecule has 1 N–H and O–H groups in total. The van der Waals surface area contributed by atoms with Crippen molar-refractivity contribution in [3.63, 3.8) is 0 Å². The van der Waals surface area contributed by atoms with Crippen LogP contribution >= 0.6 is 22.6 Å². The molecule has 0 aromatic rings. The second kappa shape index (κ2) is 1.22. The fraction of sp³-hybridized carbons (Fsp3) is 1.00. The van der Waals surface area contributed by atoms with Gasteiger partial charge >= 0.3 is 0 Å². The number of halogens is 1. The van der Waals surface area contributed by atoms with Gasteiger partial charge in [0, 0.05) is 3.42 Å². The Morgan fingerprint density at radius 1 is 1.27 bits per heavy atom. The van der Waals surface area contributed by atoms with Crippen LogP contribution in [0, 0.1) is 17.3 Å². The molecule has 5 atom stereocenters. The fourth-order valence-corrected chi connectivity index (χ4v) is 6.47. The van der Waals surface area contributed by atoms with Crippen molar-refractivity contribution in [3.05, 3.63) is 0 Å². The molecule has 1 nitrogen and oxygen atoms in total. The zero-order valence-electron chi connectivity index (χ0n) is 6.31. The third-order valence-electron chi connectivity index (χ3n) is 4.84. The lowest BCUT2D eigenvalue weighted by molar-refractivity contribution is -0.205. The van der Waals surface area contributed by atoms with Crippen molar-refractivity contribution in [3.8, 4) is 0 Å². The summed E-state index contributed by atoms with van der Waals surface area (Å²) in [4.78, 5) is 0. The van der Waals surface area contributed by atoms with Crippen LogP contribution in [0.3, 0.4) is 0 Å². The molecule has 2 heteroatoms. The van der Waals surface area contributed by atoms with E-state index >= 15 is 0 Å². The number of aliphatic hydroxyl groups is 1. The van der Waals surface area contributed by atoms with Crippen molar-refractivity contribution in [1.82, 2.24) is 0 Å². The molecular weight excluding hydrogens is 251 g/mol. The summed E-state index contributed by atoms with van der Waals surface area (Å²) in [5.41, 5.74) is 0.480. The Morgan fingerprint density at radius 3 is 2.64 bits per heavy atom. The molecule has 4 saturated carbocycles. The van der Waals surface area contributed by atoms with Gasteiger partial charge in [0.05, 0.1) is 5.60 Å². The molecule has 5 unspecified atom stereocenters. The highest BCUT2D eigenvalue weighted by Gasteiger charge is 2.89. The van der Waals surface area contributed by atoms with Gasteiger partial charge in [-0.15, -0.1) is 0 Å². The Morgan fingerprint density at radius 2 is 2.09 bits per heavy atom. The minimum atomic E-state index is -0.178. The third-order valence-corrected chi connectivity index (χ3v) is 6.67. The van der Waals surface area contributed by atoms with Crippen LogP contribution in [0.15, 0.2) is 0 Å². The molecule has 0 amide bonds. The molecule has 0 saturated heterocycles. The molecule has 0 bridgehead atoms. The molecule has 0 radical (unpaired) electrons. The molecule has 0 heterocycles. The van der Waals surface area contributed by atoms with E-state index in [1.807, 2.05) is 0 Å². The first-order valence-electron chi connectivity index (χ1n) is 4.51. The zero-order valence-corrected chi connectivity index (χ0v) is 8.47. The second-order valence-corrected chi connectivity index (χ2v) is 7.29. The van der Waals surface area contributed by atoms with Crippen LogP contribution in [0.2, 0.25) is 0 Å². The maximum atomic E-state index is 10.1. The largest absolute Gasteiger partial charge is 0.390 e. The maximum Gasteiger partial charge on any atom is 0.0699 e. The SMILES string of the molecule is OC12CC3CC4(CC4(I)C1)C32. The molecule has 4 aliphatic rings. The molecule has 4 rings (SSSR count). The van der Waals surface area contributed by atoms with Gasteiger partial charge in [0.15, 0.2) is 0 Å². The van der Waals surface area contributed by atoms with Crippen LogP contribution in [-0.4, -0.2) is 14.1 Å². The Balaban J connectivity index is 1.90. The van der Waals surface area contributed by atoms with Crippen molar-refractivity contribution >= 4 is 22.6 Å². The summed E-state index contributed by atoms with van der Waals surface area (Å²) in [6, 6.07) is 0. The fourth-order valence-electron chi connectivity index (χ4n) is 4.57. The van der Waals surface area contributed by atoms with Gasteiger partial charge in [0.25, 0.3) is 0 Å². The van der Waals surface area contributed by atoms with Gasteiger partial charge in [0.1, 0.15) is 0 Å². The lowest BCUT2D eigenvalue weighted by Gasteiger charge is -2.60. The summed E-state index contributed by atoms with van der Waals surface area (Å²) in [7, 11) is 0. The van der Waals surface area contributed by atoms with E-state index in [1.165, 1.54) is 12.8 Å². The van der Waals surface area contributed by atoms with E-state index in [9.17, 15) is 5.11 Å². The standard InChI is InChI=1S/C9H11IO/c10-9-3-7(9)1-5-2-8(11,4-9)6(5)7/h5-6,11H,1-4H2. The van der Waals surface area contributed by atoms with Gasteiger partial charge in [-0.3, -0.25) is 0 Å². The number of hydrogen-bond donors (Lipinski definition) is 1. The predicted octanol–water partition coefficient (Wildman–Crippen LogP) is 1.72. The van der Waals surface area contributed by atoms with Crippen LogP contribution in [0.5, 0.6) is 0 Å². The van der Waals surface area contributed by atoms with Gasteiger partial charge in [-0.25, -0.2) is 0 Å². The Labute approximate surface area is 79.7 Å². The molecule has 4 fully saturated rings. The molecule has 1 spiro atoms. The van der Waals surface area contributed by atoms with E-state index in [0.29, 0.717) is 8.84 Å². The minimum Gasteiger partial charge on any atom is -0.390 e. The van der Waals surface area contributed by atoms with Gasteiger partial charge < -0.3 is 5.11 Å². The lowest BCUT2D eigenvalue weighted by atomic mass is 9.46. The van der Waals surface area contributed by atoms with Crippen molar-refractivity contribution in [2.75, 3.05) is 0 Å². The van der Waals surface area contributed by atoms with Gasteiger partial charge in [0.2, 0.25) is 0 Å². The summed E-state index contributed by atoms with van der Waals surface area (Å²) >= 11 is 2.62. The Hall–Kier alpha value is 0.690. The minimum absolute atomic E-state index is 0.178. The van der Waals surface area contributed by atoms with Crippen LogP contribution in [0.1, 0.15) is 25.7 Å². The first kappa shape index (κ1) is 6.19. The molecule has 4 aliphatic carbocycles. The smallest absolute Gasteiger partial charge is 0.0699 e. The normalized spacial score (nSPS) is 81.3. The van der Waals surface area contributed by atoms with Crippen LogP contribution < -0.4 is 0 Å². The summed E-state index contributed by atoms with van der Waals surface area (Å²) < 4.78 is 0.553. The average molecular weight is 262 g/mol. The Kier molecular flexibility index (Phi) is 0.686. The topological polar surface area (TPSA) is 20.2 Å². The highest BCUT2D eigenvalue weighted by atomic mass is 127. The first-order valence-corrected chi connectivity index (χ1v) is 5.59. The summed E-state index contributed by atoms with van der Waals surface area (Å²) in [5.74, 6) is 1.67. The van der Waals surface area contributed by atoms with Gasteiger partial charge in [-0.1, -0.05) is 22.6 Å². The van der Waals surface area contributed by atoms with Crippen molar-refractivity contribution in [2.24, 2.45) is 17.3 Å². The Bertz CT molecular complexity index is 273. The molecule has 60 valence electrons. The third kappa shape index (κ3) is 0.387. The maximum absolute atomic E-state index is 10.1. The van der Waals surface area contributed by atoms with Crippen molar-refractivity contribution in [2.45, 2.75) is 34.7 Å². The van der Waals surface area contributed by atoms with Crippen LogP contribution in [-0.2, 0) is 0 Å². The zero-order chi connectivity index (χ0) is 7.48. The van der Waals surface area contributed by atoms with E-state index < -0.39 is 0 Å². The monoisotopic (exact) mass is 262 g/mol. The van der Waals surface area contributed by atoms with E-state index in [0.717, 1.165) is 24.7 Å². The predicted molar refractivity (Wildman–Crippen MR) is 49.6 cm³/mol. The highest BCUT2D eigenvalue weighted by molar-refractivity contribution is 14.1. The van der Waals surface area contributed by atoms with Crippen molar-refractivity contribution < 1.29 is 5.11 Å². The van der Waals surface area contributed by atoms with E-state index in [-0.39, 0.29) is 5.60 Å². The molecule has 0 aliphatic heterocycles. The lowest BCUT2D eigenvalue weighted by Crippen LogP contribution is -2.61. The molecule has 11 heavy (non-hydrogen) atoms. The van der Waals surface area contributed by atoms with E-state index in [4.69, 9.17) is 0 Å². The quantitative estimate of drug-likeness (QED) is 0.520. The van der Waals surface area contributed by atoms with Crippen LogP contribution in [0.4, 0.5) is 0 Å². The number of alkyl halides is 1. The number of rotatable bonds is 0. The number of hydrogen-bond acceptors (Lipinski definition) is 1. The molecule has 0 aromatic carbocycles. The van der Waals surface area contributed by atoms with Crippen LogP contribution in [0.25, 0.3) is 0 Å². The van der Waals surface area contributed by atoms with Gasteiger partial charge in [-0.2, -0.15) is 0 Å². The van der Waals surface area contributed by atoms with Crippen molar-refractivity contribution in [1.29, 1.82) is 0 Å². The first-order chi connectivity index (χ1) is 5.10.